The van der Waals surface area contributed by atoms with Gasteiger partial charge in [-0.3, -0.25) is 9.48 Å². The third kappa shape index (κ3) is 3.59. The van der Waals surface area contributed by atoms with Crippen molar-refractivity contribution in [3.05, 3.63) is 35.7 Å². The molecule has 3 heterocycles. The van der Waals surface area contributed by atoms with E-state index in [0.717, 1.165) is 17.7 Å². The van der Waals surface area contributed by atoms with Crippen LogP contribution in [0.25, 0.3) is 0 Å². The molecule has 0 saturated heterocycles. The van der Waals surface area contributed by atoms with Gasteiger partial charge in [-0.05, 0) is 0 Å². The lowest BCUT2D eigenvalue weighted by molar-refractivity contribution is 0.0924. The Morgan fingerprint density at radius 3 is 3.17 bits per heavy atom. The van der Waals surface area contributed by atoms with E-state index in [4.69, 9.17) is 9.47 Å². The standard InChI is InChI=1S/C15H21N5O3/c1-22-9-7-20-13-2-8-23-10-12(13)14(18-20)15(21)17-4-6-19-5-3-16-11-19/h3,5,11H,2,4,6-10H2,1H3,(H,17,21). The number of ether oxygens (including phenoxy) is 2. The number of amides is 1. The second-order valence-electron chi connectivity index (χ2n) is 5.35. The normalized spacial score (nSPS) is 13.8. The number of fused-ring (bicyclic) bond motifs is 1. The van der Waals surface area contributed by atoms with Crippen LogP contribution in [0.15, 0.2) is 18.7 Å². The van der Waals surface area contributed by atoms with Gasteiger partial charge >= 0.3 is 0 Å². The molecule has 0 saturated carbocycles. The number of nitrogens with zero attached hydrogens (tertiary/aromatic N) is 4. The number of aromatic nitrogens is 4. The molecule has 3 rings (SSSR count). The van der Waals surface area contributed by atoms with E-state index in [1.807, 2.05) is 15.4 Å². The van der Waals surface area contributed by atoms with Gasteiger partial charge in [0, 0.05) is 50.3 Å². The molecule has 23 heavy (non-hydrogen) atoms. The van der Waals surface area contributed by atoms with Crippen molar-refractivity contribution < 1.29 is 14.3 Å². The zero-order chi connectivity index (χ0) is 16.1. The van der Waals surface area contributed by atoms with Crippen molar-refractivity contribution in [3.63, 3.8) is 0 Å². The van der Waals surface area contributed by atoms with Crippen molar-refractivity contribution in [1.29, 1.82) is 0 Å². The Labute approximate surface area is 134 Å². The van der Waals surface area contributed by atoms with Gasteiger partial charge in [-0.25, -0.2) is 4.98 Å². The van der Waals surface area contributed by atoms with Crippen LogP contribution in [0.3, 0.4) is 0 Å². The van der Waals surface area contributed by atoms with Crippen LogP contribution < -0.4 is 5.32 Å². The third-order valence-electron chi connectivity index (χ3n) is 3.83. The lowest BCUT2D eigenvalue weighted by atomic mass is 10.1. The molecule has 2 aromatic rings. The Balaban J connectivity index is 1.68. The van der Waals surface area contributed by atoms with Crippen LogP contribution in [-0.4, -0.2) is 52.1 Å². The van der Waals surface area contributed by atoms with Gasteiger partial charge in [-0.15, -0.1) is 0 Å². The number of methoxy groups -OCH3 is 1. The molecule has 1 aliphatic heterocycles. The summed E-state index contributed by atoms with van der Waals surface area (Å²) in [7, 11) is 1.66. The van der Waals surface area contributed by atoms with Crippen LogP contribution in [0.5, 0.6) is 0 Å². The summed E-state index contributed by atoms with van der Waals surface area (Å²) in [5.41, 5.74) is 2.43. The molecule has 0 aromatic carbocycles. The van der Waals surface area contributed by atoms with E-state index in [1.54, 1.807) is 19.6 Å². The quantitative estimate of drug-likeness (QED) is 0.790. The van der Waals surface area contributed by atoms with Gasteiger partial charge in [0.25, 0.3) is 5.91 Å². The largest absolute Gasteiger partial charge is 0.383 e. The number of nitrogens with one attached hydrogen (secondary N) is 1. The molecule has 0 aliphatic carbocycles. The highest BCUT2D eigenvalue weighted by molar-refractivity contribution is 5.94. The van der Waals surface area contributed by atoms with E-state index in [0.29, 0.717) is 45.1 Å². The lowest BCUT2D eigenvalue weighted by Gasteiger charge is -2.14. The van der Waals surface area contributed by atoms with Crippen LogP contribution in [0, 0.1) is 0 Å². The van der Waals surface area contributed by atoms with Crippen LogP contribution in [0.2, 0.25) is 0 Å². The molecule has 8 nitrogen and oxygen atoms in total. The van der Waals surface area contributed by atoms with Gasteiger partial charge in [0.1, 0.15) is 0 Å². The number of imidazole rings is 1. The van der Waals surface area contributed by atoms with Crippen LogP contribution in [0.4, 0.5) is 0 Å². The summed E-state index contributed by atoms with van der Waals surface area (Å²) in [6.45, 7) is 3.50. The van der Waals surface area contributed by atoms with Crippen molar-refractivity contribution >= 4 is 5.91 Å². The summed E-state index contributed by atoms with van der Waals surface area (Å²) in [6.07, 6.45) is 6.07. The first kappa shape index (κ1) is 15.7. The molecule has 2 aromatic heterocycles. The van der Waals surface area contributed by atoms with Gasteiger partial charge in [-0.2, -0.15) is 5.10 Å². The average Bonchev–Trinajstić information content (AvgIpc) is 3.20. The maximum Gasteiger partial charge on any atom is 0.272 e. The van der Waals surface area contributed by atoms with Gasteiger partial charge in [-0.1, -0.05) is 0 Å². The van der Waals surface area contributed by atoms with Crippen molar-refractivity contribution in [2.24, 2.45) is 0 Å². The van der Waals surface area contributed by atoms with Crippen molar-refractivity contribution in [2.45, 2.75) is 26.1 Å². The molecule has 124 valence electrons. The molecule has 0 atom stereocenters. The lowest BCUT2D eigenvalue weighted by Crippen LogP contribution is -2.28. The maximum absolute atomic E-state index is 12.4. The zero-order valence-corrected chi connectivity index (χ0v) is 13.2. The van der Waals surface area contributed by atoms with Crippen LogP contribution in [-0.2, 0) is 35.6 Å². The molecular weight excluding hydrogens is 298 g/mol. The zero-order valence-electron chi connectivity index (χ0n) is 13.2. The first-order valence-corrected chi connectivity index (χ1v) is 7.68. The van der Waals surface area contributed by atoms with Crippen molar-refractivity contribution in [2.75, 3.05) is 26.9 Å². The molecule has 0 bridgehead atoms. The Hall–Kier alpha value is -2.19. The number of hydrogen-bond acceptors (Lipinski definition) is 5. The molecule has 0 fully saturated rings. The first-order valence-electron chi connectivity index (χ1n) is 7.68. The summed E-state index contributed by atoms with van der Waals surface area (Å²) in [4.78, 5) is 16.4. The molecule has 0 unspecified atom stereocenters. The molecular formula is C15H21N5O3. The highest BCUT2D eigenvalue weighted by atomic mass is 16.5. The SMILES string of the molecule is COCCn1nc(C(=O)NCCn2ccnc2)c2c1CCOC2. The van der Waals surface area contributed by atoms with Gasteiger partial charge in [0.2, 0.25) is 0 Å². The predicted octanol–water partition coefficient (Wildman–Crippen LogP) is 0.229. The summed E-state index contributed by atoms with van der Waals surface area (Å²) in [5.74, 6) is -0.164. The number of hydrogen-bond donors (Lipinski definition) is 1. The third-order valence-corrected chi connectivity index (χ3v) is 3.83. The van der Waals surface area contributed by atoms with E-state index in [1.165, 1.54) is 0 Å². The van der Waals surface area contributed by atoms with E-state index < -0.39 is 0 Å². The fraction of sp³-hybridized carbons (Fsp3) is 0.533. The maximum atomic E-state index is 12.4. The monoisotopic (exact) mass is 319 g/mol. The molecule has 1 aliphatic rings. The molecule has 1 amide bonds. The predicted molar refractivity (Wildman–Crippen MR) is 82.0 cm³/mol. The number of carbonyl (C=O) groups excluding carboxylic acids is 1. The highest BCUT2D eigenvalue weighted by Gasteiger charge is 2.25. The Morgan fingerprint density at radius 1 is 1.48 bits per heavy atom. The van der Waals surface area contributed by atoms with E-state index in [-0.39, 0.29) is 5.91 Å². The minimum Gasteiger partial charge on any atom is -0.383 e. The van der Waals surface area contributed by atoms with E-state index in [2.05, 4.69) is 15.4 Å². The minimum atomic E-state index is -0.164. The second-order valence-corrected chi connectivity index (χ2v) is 5.35. The summed E-state index contributed by atoms with van der Waals surface area (Å²) < 4.78 is 14.4. The highest BCUT2D eigenvalue weighted by Crippen LogP contribution is 2.21. The van der Waals surface area contributed by atoms with Gasteiger partial charge in [0.15, 0.2) is 5.69 Å². The molecule has 0 spiro atoms. The average molecular weight is 319 g/mol. The van der Waals surface area contributed by atoms with Crippen LogP contribution >= 0.6 is 0 Å². The first-order chi connectivity index (χ1) is 11.3. The second kappa shape index (κ2) is 7.38. The molecule has 0 radical (unpaired) electrons. The van der Waals surface area contributed by atoms with Crippen molar-refractivity contribution in [1.82, 2.24) is 24.6 Å². The Morgan fingerprint density at radius 2 is 2.39 bits per heavy atom. The molecule has 8 heteroatoms. The van der Waals surface area contributed by atoms with Crippen LogP contribution in [0.1, 0.15) is 21.7 Å². The fourth-order valence-electron chi connectivity index (χ4n) is 2.65. The topological polar surface area (TPSA) is 83.2 Å². The number of carbonyl (C=O) groups is 1. The van der Waals surface area contributed by atoms with Crippen molar-refractivity contribution in [3.8, 4) is 0 Å². The van der Waals surface area contributed by atoms with E-state index in [9.17, 15) is 4.79 Å². The van der Waals surface area contributed by atoms with E-state index >= 15 is 0 Å². The smallest absolute Gasteiger partial charge is 0.272 e. The summed E-state index contributed by atoms with van der Waals surface area (Å²) in [5, 5.41) is 7.38. The summed E-state index contributed by atoms with van der Waals surface area (Å²) >= 11 is 0. The number of rotatable bonds is 7. The minimum absolute atomic E-state index is 0.164. The van der Waals surface area contributed by atoms with Gasteiger partial charge < -0.3 is 19.4 Å². The Kier molecular flexibility index (Phi) is 5.04. The molecule has 1 N–H and O–H groups in total. The Bertz CT molecular complexity index is 650. The van der Waals surface area contributed by atoms with Gasteiger partial charge in [0.05, 0.1) is 32.7 Å². The summed E-state index contributed by atoms with van der Waals surface area (Å²) in [6, 6.07) is 0. The fourth-order valence-corrected chi connectivity index (χ4v) is 2.65.